The second-order valence-electron chi connectivity index (χ2n) is 6.05. The molecule has 1 aromatic carbocycles. The summed E-state index contributed by atoms with van der Waals surface area (Å²) in [4.78, 5) is 14.0. The normalized spacial score (nSPS) is 29.9. The first-order chi connectivity index (χ1) is 10.2. The van der Waals surface area contributed by atoms with Crippen LogP contribution in [0.3, 0.4) is 0 Å². The molecule has 114 valence electrons. The third kappa shape index (κ3) is 2.70. The summed E-state index contributed by atoms with van der Waals surface area (Å²) in [5.41, 5.74) is 2.13. The molecule has 1 aliphatic carbocycles. The van der Waals surface area contributed by atoms with E-state index in [0.29, 0.717) is 0 Å². The summed E-state index contributed by atoms with van der Waals surface area (Å²) < 4.78 is 5.64. The van der Waals surface area contributed by atoms with Gasteiger partial charge in [-0.2, -0.15) is 0 Å². The van der Waals surface area contributed by atoms with Gasteiger partial charge in [-0.25, -0.2) is 0 Å². The zero-order chi connectivity index (χ0) is 14.8. The van der Waals surface area contributed by atoms with Gasteiger partial charge in [0.25, 0.3) is 0 Å². The first-order valence-corrected chi connectivity index (χ1v) is 7.81. The molecule has 0 aromatic heterocycles. The molecule has 1 aliphatic heterocycles. The molecule has 3 atom stereocenters. The van der Waals surface area contributed by atoms with Gasteiger partial charge in [0.15, 0.2) is 0 Å². The van der Waals surface area contributed by atoms with Crippen LogP contribution in [0.25, 0.3) is 0 Å². The van der Waals surface area contributed by atoms with E-state index in [4.69, 9.17) is 4.74 Å². The number of rotatable bonds is 3. The molecule has 0 saturated heterocycles. The van der Waals surface area contributed by atoms with Crippen molar-refractivity contribution in [1.29, 1.82) is 0 Å². The highest BCUT2D eigenvalue weighted by atomic mass is 16.5. The van der Waals surface area contributed by atoms with Crippen molar-refractivity contribution in [3.63, 3.8) is 0 Å². The van der Waals surface area contributed by atoms with E-state index in [0.717, 1.165) is 37.8 Å². The molecule has 0 spiro atoms. The van der Waals surface area contributed by atoms with E-state index in [1.807, 2.05) is 18.2 Å². The number of nitrogens with zero attached hydrogens (tertiary/aromatic N) is 1. The molecule has 1 saturated carbocycles. The van der Waals surface area contributed by atoms with Crippen molar-refractivity contribution in [2.45, 2.75) is 50.3 Å². The summed E-state index contributed by atoms with van der Waals surface area (Å²) >= 11 is 0. The van der Waals surface area contributed by atoms with Gasteiger partial charge < -0.3 is 9.84 Å². The second-order valence-corrected chi connectivity index (χ2v) is 6.05. The molecule has 1 heterocycles. The number of carbonyl (C=O) groups is 1. The number of fused-ring (bicyclic) bond motifs is 1. The SMILES string of the molecule is COC1CCCCC1N1CCc2ccccc2C1C(=O)O. The van der Waals surface area contributed by atoms with E-state index in [1.165, 1.54) is 12.0 Å². The molecule has 4 heteroatoms. The predicted octanol–water partition coefficient (Wildman–Crippen LogP) is 2.63. The van der Waals surface area contributed by atoms with Crippen LogP contribution in [0, 0.1) is 0 Å². The highest BCUT2D eigenvalue weighted by molar-refractivity contribution is 5.76. The number of aliphatic carboxylic acids is 1. The maximum atomic E-state index is 11.9. The Bertz CT molecular complexity index is 517. The minimum Gasteiger partial charge on any atom is -0.480 e. The Morgan fingerprint density at radius 2 is 2.05 bits per heavy atom. The van der Waals surface area contributed by atoms with Gasteiger partial charge in [-0.15, -0.1) is 0 Å². The topological polar surface area (TPSA) is 49.8 Å². The van der Waals surface area contributed by atoms with Gasteiger partial charge in [-0.05, 0) is 30.4 Å². The maximum Gasteiger partial charge on any atom is 0.325 e. The molecular formula is C17H23NO3. The van der Waals surface area contributed by atoms with Gasteiger partial charge in [-0.3, -0.25) is 9.69 Å². The molecular weight excluding hydrogens is 266 g/mol. The largest absolute Gasteiger partial charge is 0.480 e. The quantitative estimate of drug-likeness (QED) is 0.929. The summed E-state index contributed by atoms with van der Waals surface area (Å²) in [6.45, 7) is 0.804. The number of benzene rings is 1. The molecule has 2 aliphatic rings. The van der Waals surface area contributed by atoms with Crippen molar-refractivity contribution < 1.29 is 14.6 Å². The predicted molar refractivity (Wildman–Crippen MR) is 80.3 cm³/mol. The third-order valence-electron chi connectivity index (χ3n) is 4.95. The lowest BCUT2D eigenvalue weighted by atomic mass is 9.85. The zero-order valence-electron chi connectivity index (χ0n) is 12.5. The number of hydrogen-bond acceptors (Lipinski definition) is 3. The molecule has 4 nitrogen and oxygen atoms in total. The van der Waals surface area contributed by atoms with Crippen LogP contribution in [0.1, 0.15) is 42.9 Å². The lowest BCUT2D eigenvalue weighted by Gasteiger charge is -2.44. The molecule has 21 heavy (non-hydrogen) atoms. The summed E-state index contributed by atoms with van der Waals surface area (Å²) in [7, 11) is 1.75. The zero-order valence-corrected chi connectivity index (χ0v) is 12.5. The fraction of sp³-hybridized carbons (Fsp3) is 0.588. The lowest BCUT2D eigenvalue weighted by Crippen LogP contribution is -2.52. The van der Waals surface area contributed by atoms with Crippen LogP contribution in [0.5, 0.6) is 0 Å². The van der Waals surface area contributed by atoms with Crippen LogP contribution >= 0.6 is 0 Å². The maximum absolute atomic E-state index is 11.9. The van der Waals surface area contributed by atoms with Crippen LogP contribution in [-0.4, -0.2) is 41.8 Å². The van der Waals surface area contributed by atoms with Crippen LogP contribution in [0.4, 0.5) is 0 Å². The van der Waals surface area contributed by atoms with E-state index >= 15 is 0 Å². The minimum absolute atomic E-state index is 0.158. The van der Waals surface area contributed by atoms with E-state index in [-0.39, 0.29) is 12.1 Å². The smallest absolute Gasteiger partial charge is 0.325 e. The third-order valence-corrected chi connectivity index (χ3v) is 4.95. The van der Waals surface area contributed by atoms with Gasteiger partial charge in [0, 0.05) is 19.7 Å². The summed E-state index contributed by atoms with van der Waals surface area (Å²) in [5, 5.41) is 9.76. The first-order valence-electron chi connectivity index (χ1n) is 7.81. The first kappa shape index (κ1) is 14.5. The Labute approximate surface area is 125 Å². The Balaban J connectivity index is 1.93. The number of hydrogen-bond donors (Lipinski definition) is 1. The van der Waals surface area contributed by atoms with Crippen molar-refractivity contribution in [2.75, 3.05) is 13.7 Å². The van der Waals surface area contributed by atoms with Crippen molar-refractivity contribution in [3.05, 3.63) is 35.4 Å². The molecule has 0 radical (unpaired) electrons. The molecule has 1 fully saturated rings. The van der Waals surface area contributed by atoms with Gasteiger partial charge in [0.2, 0.25) is 0 Å². The summed E-state index contributed by atoms with van der Waals surface area (Å²) in [6.07, 6.45) is 5.49. The molecule has 0 bridgehead atoms. The van der Waals surface area contributed by atoms with Gasteiger partial charge in [0.1, 0.15) is 6.04 Å². The molecule has 3 rings (SSSR count). The number of methoxy groups -OCH3 is 1. The highest BCUT2D eigenvalue weighted by Gasteiger charge is 2.40. The standard InChI is InChI=1S/C17H23NO3/c1-21-15-9-5-4-8-14(15)18-11-10-12-6-2-3-7-13(12)16(18)17(19)20/h2-3,6-7,14-16H,4-5,8-11H2,1H3,(H,19,20). The van der Waals surface area contributed by atoms with Gasteiger partial charge >= 0.3 is 5.97 Å². The Morgan fingerprint density at radius 1 is 1.29 bits per heavy atom. The highest BCUT2D eigenvalue weighted by Crippen LogP contribution is 2.36. The summed E-state index contributed by atoms with van der Waals surface area (Å²) in [5.74, 6) is -0.748. The lowest BCUT2D eigenvalue weighted by molar-refractivity contribution is -0.147. The van der Waals surface area contributed by atoms with Crippen molar-refractivity contribution in [2.24, 2.45) is 0 Å². The number of carboxylic acid groups (broad SMARTS) is 1. The Morgan fingerprint density at radius 3 is 2.81 bits per heavy atom. The second kappa shape index (κ2) is 6.16. The Kier molecular flexibility index (Phi) is 4.27. The van der Waals surface area contributed by atoms with Gasteiger partial charge in [-0.1, -0.05) is 37.1 Å². The molecule has 1 N–H and O–H groups in total. The van der Waals surface area contributed by atoms with E-state index in [2.05, 4.69) is 11.0 Å². The van der Waals surface area contributed by atoms with Crippen LogP contribution in [0.2, 0.25) is 0 Å². The molecule has 0 amide bonds. The average Bonchev–Trinajstić information content (AvgIpc) is 2.53. The average molecular weight is 289 g/mol. The monoisotopic (exact) mass is 289 g/mol. The van der Waals surface area contributed by atoms with Crippen LogP contribution in [0.15, 0.2) is 24.3 Å². The van der Waals surface area contributed by atoms with Crippen molar-refractivity contribution >= 4 is 5.97 Å². The minimum atomic E-state index is -0.748. The van der Waals surface area contributed by atoms with Crippen molar-refractivity contribution in [1.82, 2.24) is 4.90 Å². The van der Waals surface area contributed by atoms with Crippen LogP contribution in [-0.2, 0) is 16.0 Å². The number of carboxylic acids is 1. The number of ether oxygens (including phenoxy) is 1. The molecule has 1 aromatic rings. The Hall–Kier alpha value is -1.39. The fourth-order valence-electron chi connectivity index (χ4n) is 3.95. The van der Waals surface area contributed by atoms with E-state index in [1.54, 1.807) is 7.11 Å². The fourth-order valence-corrected chi connectivity index (χ4v) is 3.95. The summed E-state index contributed by atoms with van der Waals surface area (Å²) in [6, 6.07) is 7.63. The van der Waals surface area contributed by atoms with E-state index in [9.17, 15) is 9.90 Å². The van der Waals surface area contributed by atoms with Crippen LogP contribution < -0.4 is 0 Å². The molecule has 3 unspecified atom stereocenters. The van der Waals surface area contributed by atoms with E-state index < -0.39 is 12.0 Å². The van der Waals surface area contributed by atoms with Gasteiger partial charge in [0.05, 0.1) is 6.10 Å². The van der Waals surface area contributed by atoms with Crippen molar-refractivity contribution in [3.8, 4) is 0 Å².